The van der Waals surface area contributed by atoms with E-state index in [4.69, 9.17) is 5.73 Å². The highest BCUT2D eigenvalue weighted by atomic mass is 16.2. The first kappa shape index (κ1) is 16.0. The average Bonchev–Trinajstić information content (AvgIpc) is 2.50. The molecule has 1 heterocycles. The summed E-state index contributed by atoms with van der Waals surface area (Å²) in [4.78, 5) is 16.8. The van der Waals surface area contributed by atoms with Gasteiger partial charge in [-0.2, -0.15) is 0 Å². The van der Waals surface area contributed by atoms with E-state index in [1.54, 1.807) is 0 Å². The number of likely N-dealkylation sites (tertiary alicyclic amines) is 1. The number of rotatable bonds is 5. The van der Waals surface area contributed by atoms with Crippen LogP contribution in [0.3, 0.4) is 0 Å². The van der Waals surface area contributed by atoms with Gasteiger partial charge in [0.05, 0.1) is 6.54 Å². The molecule has 0 saturated carbocycles. The van der Waals surface area contributed by atoms with Crippen LogP contribution < -0.4 is 10.6 Å². The number of anilines is 1. The van der Waals surface area contributed by atoms with Crippen LogP contribution in [0.4, 0.5) is 5.69 Å². The Balaban J connectivity index is 2.08. The third-order valence-electron chi connectivity index (χ3n) is 4.38. The van der Waals surface area contributed by atoms with Crippen molar-refractivity contribution in [3.8, 4) is 0 Å². The van der Waals surface area contributed by atoms with Crippen molar-refractivity contribution >= 4 is 11.6 Å². The summed E-state index contributed by atoms with van der Waals surface area (Å²) in [7, 11) is 0. The van der Waals surface area contributed by atoms with Crippen LogP contribution in [0.2, 0.25) is 0 Å². The van der Waals surface area contributed by atoms with Crippen LogP contribution >= 0.6 is 0 Å². The molecule has 1 aromatic rings. The van der Waals surface area contributed by atoms with E-state index >= 15 is 0 Å². The van der Waals surface area contributed by atoms with Crippen LogP contribution in [0, 0.1) is 6.92 Å². The summed E-state index contributed by atoms with van der Waals surface area (Å²) in [6.07, 6.45) is 3.50. The normalized spacial score (nSPS) is 19.5. The summed E-state index contributed by atoms with van der Waals surface area (Å²) in [5, 5.41) is 0. The molecule has 0 radical (unpaired) electrons. The van der Waals surface area contributed by atoms with Gasteiger partial charge in [0, 0.05) is 24.8 Å². The molecule has 4 nitrogen and oxygen atoms in total. The quantitative estimate of drug-likeness (QED) is 0.903. The standard InChI is InChI=1S/C17H27N3O/c1-3-20(16-10-5-4-8-14(16)2)17(21)13-19-11-7-6-9-15(19)12-18/h4-5,8,10,15H,3,6-7,9,11-13,18H2,1-2H3. The molecular weight excluding hydrogens is 262 g/mol. The van der Waals surface area contributed by atoms with E-state index in [9.17, 15) is 4.79 Å². The van der Waals surface area contributed by atoms with Gasteiger partial charge in [0.2, 0.25) is 5.91 Å². The largest absolute Gasteiger partial charge is 0.329 e. The molecule has 1 saturated heterocycles. The Hall–Kier alpha value is -1.39. The maximum atomic E-state index is 12.7. The summed E-state index contributed by atoms with van der Waals surface area (Å²) in [6.45, 7) is 6.88. The Labute approximate surface area is 127 Å². The van der Waals surface area contributed by atoms with E-state index in [0.717, 1.165) is 24.2 Å². The number of benzene rings is 1. The van der Waals surface area contributed by atoms with Gasteiger partial charge >= 0.3 is 0 Å². The fourth-order valence-electron chi connectivity index (χ4n) is 3.14. The minimum atomic E-state index is 0.173. The predicted octanol–water partition coefficient (Wildman–Crippen LogP) is 2.16. The van der Waals surface area contributed by atoms with E-state index in [1.807, 2.05) is 30.0 Å². The maximum Gasteiger partial charge on any atom is 0.241 e. The number of nitrogens with two attached hydrogens (primary N) is 1. The van der Waals surface area contributed by atoms with Gasteiger partial charge in [-0.3, -0.25) is 9.69 Å². The monoisotopic (exact) mass is 289 g/mol. The Morgan fingerprint density at radius 2 is 2.14 bits per heavy atom. The molecule has 21 heavy (non-hydrogen) atoms. The van der Waals surface area contributed by atoms with Crippen molar-refractivity contribution in [2.24, 2.45) is 5.73 Å². The Morgan fingerprint density at radius 1 is 1.38 bits per heavy atom. The predicted molar refractivity (Wildman–Crippen MR) is 87.5 cm³/mol. The lowest BCUT2D eigenvalue weighted by Crippen LogP contribution is -2.49. The number of amides is 1. The highest BCUT2D eigenvalue weighted by Crippen LogP contribution is 2.21. The number of likely N-dealkylation sites (N-methyl/N-ethyl adjacent to an activating group) is 1. The van der Waals surface area contributed by atoms with Gasteiger partial charge < -0.3 is 10.6 Å². The van der Waals surface area contributed by atoms with Crippen molar-refractivity contribution in [1.82, 2.24) is 4.90 Å². The van der Waals surface area contributed by atoms with E-state index < -0.39 is 0 Å². The van der Waals surface area contributed by atoms with E-state index in [-0.39, 0.29) is 5.91 Å². The molecule has 2 N–H and O–H groups in total. The van der Waals surface area contributed by atoms with Crippen LogP contribution in [-0.2, 0) is 4.79 Å². The number of nitrogens with zero attached hydrogens (tertiary/aromatic N) is 2. The first-order chi connectivity index (χ1) is 10.2. The highest BCUT2D eigenvalue weighted by molar-refractivity contribution is 5.95. The first-order valence-electron chi connectivity index (χ1n) is 7.97. The number of hydrogen-bond acceptors (Lipinski definition) is 3. The van der Waals surface area contributed by atoms with Gasteiger partial charge in [-0.05, 0) is 44.9 Å². The third-order valence-corrected chi connectivity index (χ3v) is 4.38. The molecule has 0 spiro atoms. The van der Waals surface area contributed by atoms with Crippen molar-refractivity contribution in [3.63, 3.8) is 0 Å². The van der Waals surface area contributed by atoms with Crippen molar-refractivity contribution in [3.05, 3.63) is 29.8 Å². The number of piperidine rings is 1. The zero-order valence-corrected chi connectivity index (χ0v) is 13.2. The molecule has 2 rings (SSSR count). The van der Waals surface area contributed by atoms with Gasteiger partial charge in [0.15, 0.2) is 0 Å². The van der Waals surface area contributed by atoms with Gasteiger partial charge in [-0.15, -0.1) is 0 Å². The van der Waals surface area contributed by atoms with Crippen LogP contribution in [0.25, 0.3) is 0 Å². The van der Waals surface area contributed by atoms with Gasteiger partial charge in [-0.1, -0.05) is 24.6 Å². The van der Waals surface area contributed by atoms with Crippen LogP contribution in [0.5, 0.6) is 0 Å². The van der Waals surface area contributed by atoms with Gasteiger partial charge in [0.25, 0.3) is 0 Å². The SMILES string of the molecule is CCN(C(=O)CN1CCCCC1CN)c1ccccc1C. The topological polar surface area (TPSA) is 49.6 Å². The highest BCUT2D eigenvalue weighted by Gasteiger charge is 2.25. The zero-order chi connectivity index (χ0) is 15.2. The molecule has 1 atom stereocenters. The second kappa shape index (κ2) is 7.57. The van der Waals surface area contributed by atoms with Gasteiger partial charge in [-0.25, -0.2) is 0 Å². The second-order valence-corrected chi connectivity index (χ2v) is 5.78. The number of hydrogen-bond donors (Lipinski definition) is 1. The summed E-state index contributed by atoms with van der Waals surface area (Å²) >= 11 is 0. The van der Waals surface area contributed by atoms with E-state index in [0.29, 0.717) is 25.7 Å². The van der Waals surface area contributed by atoms with Crippen LogP contribution in [0.1, 0.15) is 31.7 Å². The number of aryl methyl sites for hydroxylation is 1. The molecular formula is C17H27N3O. The maximum absolute atomic E-state index is 12.7. The fourth-order valence-corrected chi connectivity index (χ4v) is 3.14. The molecule has 1 fully saturated rings. The lowest BCUT2D eigenvalue weighted by atomic mass is 10.0. The zero-order valence-electron chi connectivity index (χ0n) is 13.2. The molecule has 1 amide bonds. The Kier molecular flexibility index (Phi) is 5.76. The molecule has 0 bridgehead atoms. The third kappa shape index (κ3) is 3.83. The van der Waals surface area contributed by atoms with E-state index in [1.165, 1.54) is 12.8 Å². The second-order valence-electron chi connectivity index (χ2n) is 5.78. The smallest absolute Gasteiger partial charge is 0.241 e. The fraction of sp³-hybridized carbons (Fsp3) is 0.588. The summed E-state index contributed by atoms with van der Waals surface area (Å²) in [6, 6.07) is 8.43. The number of para-hydroxylation sites is 1. The molecule has 1 aromatic carbocycles. The summed E-state index contributed by atoms with van der Waals surface area (Å²) in [5.74, 6) is 0.173. The first-order valence-corrected chi connectivity index (χ1v) is 7.97. The lowest BCUT2D eigenvalue weighted by Gasteiger charge is -2.36. The van der Waals surface area contributed by atoms with Crippen molar-refractivity contribution in [2.45, 2.75) is 39.2 Å². The van der Waals surface area contributed by atoms with Crippen molar-refractivity contribution in [2.75, 3.05) is 31.1 Å². The van der Waals surface area contributed by atoms with Crippen LogP contribution in [-0.4, -0.2) is 43.0 Å². The molecule has 0 aromatic heterocycles. The molecule has 4 heteroatoms. The number of carbonyl (C=O) groups excluding carboxylic acids is 1. The molecule has 1 aliphatic rings. The molecule has 0 aliphatic carbocycles. The molecule has 1 unspecified atom stereocenters. The Morgan fingerprint density at radius 3 is 2.81 bits per heavy atom. The van der Waals surface area contributed by atoms with Crippen molar-refractivity contribution in [1.29, 1.82) is 0 Å². The molecule has 116 valence electrons. The summed E-state index contributed by atoms with van der Waals surface area (Å²) in [5.41, 5.74) is 8.01. The molecule has 1 aliphatic heterocycles. The van der Waals surface area contributed by atoms with Crippen molar-refractivity contribution < 1.29 is 4.79 Å². The Bertz CT molecular complexity index is 475. The van der Waals surface area contributed by atoms with E-state index in [2.05, 4.69) is 17.9 Å². The minimum Gasteiger partial charge on any atom is -0.329 e. The van der Waals surface area contributed by atoms with Gasteiger partial charge in [0.1, 0.15) is 0 Å². The average molecular weight is 289 g/mol. The van der Waals surface area contributed by atoms with Crippen LogP contribution in [0.15, 0.2) is 24.3 Å². The lowest BCUT2D eigenvalue weighted by molar-refractivity contribution is -0.120. The number of carbonyl (C=O) groups is 1. The summed E-state index contributed by atoms with van der Waals surface area (Å²) < 4.78 is 0. The minimum absolute atomic E-state index is 0.173.